The third-order valence-electron chi connectivity index (χ3n) is 12.9. The van der Waals surface area contributed by atoms with Crippen LogP contribution in [-0.2, 0) is 8.85 Å². The van der Waals surface area contributed by atoms with Crippen LogP contribution in [-0.4, -0.2) is 50.4 Å². The average molecular weight is 687 g/mol. The largest absolute Gasteiger partial charge is 0.541 e. The van der Waals surface area contributed by atoms with Gasteiger partial charge in [0.25, 0.3) is 8.32 Å². The molecular weight excluding hydrogens is 621 g/mol. The van der Waals surface area contributed by atoms with Crippen molar-refractivity contribution in [1.29, 1.82) is 0 Å². The van der Waals surface area contributed by atoms with Gasteiger partial charge in [-0.2, -0.15) is 0 Å². The molecule has 0 bridgehead atoms. The molecule has 0 saturated heterocycles. The Kier molecular flexibility index (Phi) is 9.72. The van der Waals surface area contributed by atoms with E-state index in [-0.39, 0.29) is 32.6 Å². The van der Waals surface area contributed by atoms with Crippen molar-refractivity contribution in [2.75, 3.05) is 13.7 Å². The topological polar surface area (TPSA) is 46.2 Å². The molecule has 1 aliphatic heterocycles. The van der Waals surface area contributed by atoms with Gasteiger partial charge in [0, 0.05) is 24.4 Å². The number of hydrogen-bond acceptors (Lipinski definition) is 5. The van der Waals surface area contributed by atoms with Crippen molar-refractivity contribution in [3.05, 3.63) is 35.4 Å². The zero-order valence-corrected chi connectivity index (χ0v) is 35.4. The third-order valence-corrected chi connectivity index (χ3v) is 26.3. The Hall–Kier alpha value is -1.33. The molecular formula is C38H66O5Si3. The van der Waals surface area contributed by atoms with E-state index in [2.05, 4.69) is 139 Å². The first-order valence-electron chi connectivity index (χ1n) is 17.5. The molecule has 0 N–H and O–H groups in total. The van der Waals surface area contributed by atoms with Crippen LogP contribution in [0.2, 0.25) is 54.4 Å². The number of benzene rings is 1. The SMILES string of the molecule is COc1c(O[Si](C)(C)C(C)(C)C)ccc2c1C=C1C=C[C@]3(C)[C@@H](O[Si](C)(C)C(C)(C)C)CC[C@H]3[C@]1(CCO[Si](C)(C)C(C)(C)C)O2. The molecule has 0 radical (unpaired) electrons. The highest BCUT2D eigenvalue weighted by Gasteiger charge is 2.61. The lowest BCUT2D eigenvalue weighted by molar-refractivity contribution is -0.0361. The monoisotopic (exact) mass is 686 g/mol. The predicted molar refractivity (Wildman–Crippen MR) is 202 cm³/mol. The van der Waals surface area contributed by atoms with Crippen LogP contribution in [0.3, 0.4) is 0 Å². The molecule has 0 unspecified atom stereocenters. The molecule has 5 nitrogen and oxygen atoms in total. The lowest BCUT2D eigenvalue weighted by atomic mass is 9.61. The lowest BCUT2D eigenvalue weighted by Gasteiger charge is -2.53. The molecule has 1 aromatic rings. The maximum atomic E-state index is 7.39. The Labute approximate surface area is 285 Å². The van der Waals surface area contributed by atoms with Crippen LogP contribution < -0.4 is 13.9 Å². The summed E-state index contributed by atoms with van der Waals surface area (Å²) in [5.74, 6) is 2.68. The summed E-state index contributed by atoms with van der Waals surface area (Å²) in [6.07, 6.45) is 10.1. The summed E-state index contributed by atoms with van der Waals surface area (Å²) in [6.45, 7) is 37.8. The smallest absolute Gasteiger partial charge is 0.250 e. The highest BCUT2D eigenvalue weighted by atomic mass is 28.4. The first kappa shape index (κ1) is 37.5. The summed E-state index contributed by atoms with van der Waals surface area (Å²) >= 11 is 0. The molecule has 1 heterocycles. The average Bonchev–Trinajstić information content (AvgIpc) is 3.21. The predicted octanol–water partition coefficient (Wildman–Crippen LogP) is 11.4. The van der Waals surface area contributed by atoms with Gasteiger partial charge in [-0.1, -0.05) is 81.4 Å². The van der Waals surface area contributed by atoms with E-state index < -0.39 is 30.6 Å². The molecule has 3 aliphatic rings. The van der Waals surface area contributed by atoms with Crippen molar-refractivity contribution in [3.63, 3.8) is 0 Å². The number of fused-ring (bicyclic) bond motifs is 4. The maximum Gasteiger partial charge on any atom is 0.250 e. The molecule has 8 heteroatoms. The Morgan fingerprint density at radius 2 is 1.41 bits per heavy atom. The van der Waals surface area contributed by atoms with Gasteiger partial charge in [-0.05, 0) is 91.0 Å². The van der Waals surface area contributed by atoms with Crippen LogP contribution in [0.4, 0.5) is 0 Å². The summed E-state index contributed by atoms with van der Waals surface area (Å²) in [6, 6.07) is 4.17. The van der Waals surface area contributed by atoms with E-state index in [1.807, 2.05) is 0 Å². The van der Waals surface area contributed by atoms with E-state index in [0.29, 0.717) is 6.61 Å². The van der Waals surface area contributed by atoms with Crippen LogP contribution in [0.25, 0.3) is 6.08 Å². The normalized spacial score (nSPS) is 26.9. The van der Waals surface area contributed by atoms with Crippen LogP contribution in [0, 0.1) is 11.3 Å². The second-order valence-electron chi connectivity index (χ2n) is 19.0. The van der Waals surface area contributed by atoms with Gasteiger partial charge in [0.2, 0.25) is 0 Å². The molecule has 46 heavy (non-hydrogen) atoms. The first-order valence-corrected chi connectivity index (χ1v) is 26.3. The molecule has 4 rings (SSSR count). The first-order chi connectivity index (χ1) is 20.7. The Bertz CT molecular complexity index is 1360. The van der Waals surface area contributed by atoms with Crippen LogP contribution >= 0.6 is 0 Å². The minimum Gasteiger partial charge on any atom is -0.541 e. The van der Waals surface area contributed by atoms with Crippen molar-refractivity contribution in [1.82, 2.24) is 0 Å². The standard InChI is InChI=1S/C38H66O5Si3/c1-34(2,3)44(12,13)40-25-24-38-27(22-23-37(10)31(38)20-21-32(37)43-46(16,17)36(7,8)9)26-28-29(41-38)18-19-30(33(28)39-11)42-45(14,15)35(4,5)6/h18-19,22-23,26,31-32H,20-21,24-25H2,1-17H3/t31-,32+,37+,38-/m1/s1. The zero-order valence-electron chi connectivity index (χ0n) is 32.4. The van der Waals surface area contributed by atoms with E-state index in [4.69, 9.17) is 22.8 Å². The molecule has 0 spiro atoms. The lowest BCUT2D eigenvalue weighted by Crippen LogP contribution is -2.57. The van der Waals surface area contributed by atoms with Crippen molar-refractivity contribution in [2.45, 2.75) is 155 Å². The molecule has 0 amide bonds. The van der Waals surface area contributed by atoms with Crippen molar-refractivity contribution in [3.8, 4) is 17.2 Å². The summed E-state index contributed by atoms with van der Waals surface area (Å²) < 4.78 is 34.4. The third kappa shape index (κ3) is 6.51. The van der Waals surface area contributed by atoms with Gasteiger partial charge in [0.15, 0.2) is 22.4 Å². The summed E-state index contributed by atoms with van der Waals surface area (Å²) in [5.41, 5.74) is 1.51. The van der Waals surface area contributed by atoms with E-state index in [0.717, 1.165) is 42.1 Å². The number of rotatable bonds is 9. The van der Waals surface area contributed by atoms with Gasteiger partial charge in [-0.15, -0.1) is 0 Å². The molecule has 1 saturated carbocycles. The molecule has 2 aliphatic carbocycles. The van der Waals surface area contributed by atoms with Gasteiger partial charge < -0.3 is 22.8 Å². The Balaban J connectivity index is 1.81. The molecule has 4 atom stereocenters. The number of hydrogen-bond donors (Lipinski definition) is 0. The van der Waals surface area contributed by atoms with E-state index in [9.17, 15) is 0 Å². The van der Waals surface area contributed by atoms with Crippen molar-refractivity contribution >= 4 is 31.0 Å². The second-order valence-corrected chi connectivity index (χ2v) is 33.3. The molecule has 1 fully saturated rings. The molecule has 0 aromatic heterocycles. The summed E-state index contributed by atoms with van der Waals surface area (Å²) in [4.78, 5) is 0. The minimum atomic E-state index is -2.09. The van der Waals surface area contributed by atoms with E-state index in [1.165, 1.54) is 5.57 Å². The zero-order chi connectivity index (χ0) is 34.9. The summed E-state index contributed by atoms with van der Waals surface area (Å²) in [5, 5.41) is 0.374. The summed E-state index contributed by atoms with van der Waals surface area (Å²) in [7, 11) is -4.26. The highest BCUT2D eigenvalue weighted by Crippen LogP contribution is 2.61. The van der Waals surface area contributed by atoms with Crippen molar-refractivity contribution in [2.24, 2.45) is 11.3 Å². The Morgan fingerprint density at radius 1 is 0.826 bits per heavy atom. The minimum absolute atomic E-state index is 0.0737. The van der Waals surface area contributed by atoms with Gasteiger partial charge in [-0.3, -0.25) is 0 Å². The fourth-order valence-electron chi connectivity index (χ4n) is 6.66. The Morgan fingerprint density at radius 3 is 1.96 bits per heavy atom. The maximum absolute atomic E-state index is 7.39. The van der Waals surface area contributed by atoms with Gasteiger partial charge in [-0.25, -0.2) is 0 Å². The highest BCUT2D eigenvalue weighted by molar-refractivity contribution is 6.75. The second kappa shape index (κ2) is 11.9. The number of methoxy groups -OCH3 is 1. The fourth-order valence-corrected chi connectivity index (χ4v) is 10.2. The molecule has 1 aromatic carbocycles. The fraction of sp³-hybridized carbons (Fsp3) is 0.737. The van der Waals surface area contributed by atoms with E-state index in [1.54, 1.807) is 7.11 Å². The van der Waals surface area contributed by atoms with Gasteiger partial charge >= 0.3 is 0 Å². The quantitative estimate of drug-likeness (QED) is 0.242. The van der Waals surface area contributed by atoms with Crippen LogP contribution in [0.1, 0.15) is 94.1 Å². The van der Waals surface area contributed by atoms with E-state index >= 15 is 0 Å². The van der Waals surface area contributed by atoms with Crippen LogP contribution in [0.5, 0.6) is 17.2 Å². The van der Waals surface area contributed by atoms with Crippen LogP contribution in [0.15, 0.2) is 29.9 Å². The van der Waals surface area contributed by atoms with Crippen molar-refractivity contribution < 1.29 is 22.8 Å². The van der Waals surface area contributed by atoms with Gasteiger partial charge in [0.05, 0.1) is 18.8 Å². The van der Waals surface area contributed by atoms with Gasteiger partial charge in [0.1, 0.15) is 17.1 Å². The molecule has 260 valence electrons. The number of ether oxygens (including phenoxy) is 2.